The van der Waals surface area contributed by atoms with Crippen LogP contribution in [0.4, 0.5) is 5.69 Å². The molecule has 1 heterocycles. The summed E-state index contributed by atoms with van der Waals surface area (Å²) in [6.07, 6.45) is 0. The van der Waals surface area contributed by atoms with E-state index in [0.717, 1.165) is 12.2 Å². The average molecular weight is 205 g/mol. The second-order valence-corrected chi connectivity index (χ2v) is 4.78. The first-order chi connectivity index (χ1) is 6.92. The van der Waals surface area contributed by atoms with E-state index in [1.54, 1.807) is 12.1 Å². The van der Waals surface area contributed by atoms with Gasteiger partial charge < -0.3 is 10.0 Å². The molecule has 3 nitrogen and oxygen atoms in total. The minimum Gasteiger partial charge on any atom is -0.478 e. The van der Waals surface area contributed by atoms with Crippen molar-refractivity contribution < 1.29 is 9.90 Å². The van der Waals surface area contributed by atoms with Crippen LogP contribution in [0.5, 0.6) is 0 Å². The van der Waals surface area contributed by atoms with Crippen LogP contribution in [0.15, 0.2) is 18.2 Å². The first-order valence-corrected chi connectivity index (χ1v) is 5.01. The van der Waals surface area contributed by atoms with Gasteiger partial charge in [-0.3, -0.25) is 0 Å². The molecule has 0 unspecified atom stereocenters. The lowest BCUT2D eigenvalue weighted by Gasteiger charge is -2.18. The Labute approximate surface area is 89.3 Å². The zero-order valence-corrected chi connectivity index (χ0v) is 9.24. The third kappa shape index (κ3) is 1.48. The predicted molar refractivity (Wildman–Crippen MR) is 59.7 cm³/mol. The number of carboxylic acids is 1. The second kappa shape index (κ2) is 2.99. The van der Waals surface area contributed by atoms with Gasteiger partial charge in [-0.25, -0.2) is 4.79 Å². The molecular weight excluding hydrogens is 190 g/mol. The molecule has 0 bridgehead atoms. The Balaban J connectivity index is 2.55. The van der Waals surface area contributed by atoms with Gasteiger partial charge >= 0.3 is 5.97 Å². The molecule has 1 aliphatic rings. The molecule has 0 radical (unpaired) electrons. The molecule has 0 aromatic heterocycles. The van der Waals surface area contributed by atoms with Crippen molar-refractivity contribution in [1.29, 1.82) is 0 Å². The summed E-state index contributed by atoms with van der Waals surface area (Å²) in [4.78, 5) is 13.0. The van der Waals surface area contributed by atoms with Gasteiger partial charge in [0.05, 0.1) is 5.56 Å². The third-order valence-electron chi connectivity index (χ3n) is 3.02. The lowest BCUT2D eigenvalue weighted by Crippen LogP contribution is -2.24. The summed E-state index contributed by atoms with van der Waals surface area (Å²) in [5, 5.41) is 8.91. The molecular formula is C12H15NO2. The number of anilines is 1. The van der Waals surface area contributed by atoms with Gasteiger partial charge in [0.15, 0.2) is 0 Å². The van der Waals surface area contributed by atoms with Crippen LogP contribution in [0.1, 0.15) is 29.8 Å². The summed E-state index contributed by atoms with van der Waals surface area (Å²) in [6, 6.07) is 5.37. The van der Waals surface area contributed by atoms with Gasteiger partial charge in [0.2, 0.25) is 0 Å². The number of hydrogen-bond acceptors (Lipinski definition) is 2. The quantitative estimate of drug-likeness (QED) is 0.763. The second-order valence-electron chi connectivity index (χ2n) is 4.78. The van der Waals surface area contributed by atoms with Crippen molar-refractivity contribution in [3.8, 4) is 0 Å². The highest BCUT2D eigenvalue weighted by Crippen LogP contribution is 2.39. The molecule has 3 heteroatoms. The molecule has 0 saturated heterocycles. The van der Waals surface area contributed by atoms with Gasteiger partial charge in [0.1, 0.15) is 0 Å². The number of aromatic carboxylic acids is 1. The van der Waals surface area contributed by atoms with E-state index in [-0.39, 0.29) is 5.41 Å². The number of fused-ring (bicyclic) bond motifs is 1. The maximum absolute atomic E-state index is 10.9. The highest BCUT2D eigenvalue weighted by atomic mass is 16.4. The summed E-state index contributed by atoms with van der Waals surface area (Å²) in [5.41, 5.74) is 2.74. The van der Waals surface area contributed by atoms with Gasteiger partial charge in [0, 0.05) is 24.7 Å². The Morgan fingerprint density at radius 3 is 2.73 bits per heavy atom. The van der Waals surface area contributed by atoms with Crippen molar-refractivity contribution in [3.05, 3.63) is 29.3 Å². The SMILES string of the molecule is CN1CC(C)(C)c2ccc(C(=O)O)cc21. The first-order valence-electron chi connectivity index (χ1n) is 5.01. The van der Waals surface area contributed by atoms with Gasteiger partial charge in [-0.1, -0.05) is 19.9 Å². The minimum absolute atomic E-state index is 0.112. The molecule has 1 N–H and O–H groups in total. The van der Waals surface area contributed by atoms with Crippen molar-refractivity contribution >= 4 is 11.7 Å². The van der Waals surface area contributed by atoms with Crippen molar-refractivity contribution in [1.82, 2.24) is 0 Å². The van der Waals surface area contributed by atoms with Crippen molar-refractivity contribution in [2.24, 2.45) is 0 Å². The summed E-state index contributed by atoms with van der Waals surface area (Å²) >= 11 is 0. The van der Waals surface area contributed by atoms with E-state index in [4.69, 9.17) is 5.11 Å². The van der Waals surface area contributed by atoms with Crippen molar-refractivity contribution in [3.63, 3.8) is 0 Å². The van der Waals surface area contributed by atoms with Crippen molar-refractivity contribution in [2.75, 3.05) is 18.5 Å². The maximum atomic E-state index is 10.9. The van der Waals surface area contributed by atoms with Gasteiger partial charge in [-0.2, -0.15) is 0 Å². The van der Waals surface area contributed by atoms with Crippen LogP contribution in [-0.2, 0) is 5.41 Å². The Morgan fingerprint density at radius 2 is 2.13 bits per heavy atom. The molecule has 1 aliphatic heterocycles. The fraction of sp³-hybridized carbons (Fsp3) is 0.417. The normalized spacial score (nSPS) is 17.7. The minimum atomic E-state index is -0.865. The van der Waals surface area contributed by atoms with E-state index in [9.17, 15) is 4.79 Å². The predicted octanol–water partition coefficient (Wildman–Crippen LogP) is 2.11. The van der Waals surface area contributed by atoms with Crippen LogP contribution in [0.3, 0.4) is 0 Å². The number of carbonyl (C=O) groups is 1. The zero-order chi connectivity index (χ0) is 11.2. The zero-order valence-electron chi connectivity index (χ0n) is 9.24. The number of nitrogens with zero attached hydrogens (tertiary/aromatic N) is 1. The Kier molecular flexibility index (Phi) is 2.00. The number of carboxylic acid groups (broad SMARTS) is 1. The number of benzene rings is 1. The maximum Gasteiger partial charge on any atom is 0.335 e. The smallest absolute Gasteiger partial charge is 0.335 e. The molecule has 2 rings (SSSR count). The fourth-order valence-electron chi connectivity index (χ4n) is 2.32. The van der Waals surface area contributed by atoms with Crippen LogP contribution in [0, 0.1) is 0 Å². The lowest BCUT2D eigenvalue weighted by atomic mass is 9.86. The molecule has 1 aromatic carbocycles. The third-order valence-corrected chi connectivity index (χ3v) is 3.02. The van der Waals surface area contributed by atoms with Crippen LogP contribution in [0.2, 0.25) is 0 Å². The molecule has 0 spiro atoms. The number of rotatable bonds is 1. The summed E-state index contributed by atoms with van der Waals surface area (Å²) in [5.74, 6) is -0.865. The van der Waals surface area contributed by atoms with Crippen LogP contribution < -0.4 is 4.90 Å². The summed E-state index contributed by atoms with van der Waals surface area (Å²) < 4.78 is 0. The van der Waals surface area contributed by atoms with E-state index in [2.05, 4.69) is 18.7 Å². The van der Waals surface area contributed by atoms with E-state index in [1.807, 2.05) is 13.1 Å². The largest absolute Gasteiger partial charge is 0.478 e. The Morgan fingerprint density at radius 1 is 1.47 bits per heavy atom. The standard InChI is InChI=1S/C12H15NO2/c1-12(2)7-13(3)10-6-8(11(14)15)4-5-9(10)12/h4-6H,7H2,1-3H3,(H,14,15). The van der Waals surface area contributed by atoms with Gasteiger partial charge in [0.25, 0.3) is 0 Å². The average Bonchev–Trinajstić information content (AvgIpc) is 2.37. The topological polar surface area (TPSA) is 40.5 Å². The van der Waals surface area contributed by atoms with Crippen molar-refractivity contribution in [2.45, 2.75) is 19.3 Å². The summed E-state index contributed by atoms with van der Waals surface area (Å²) in [7, 11) is 2.00. The molecule has 15 heavy (non-hydrogen) atoms. The molecule has 0 amide bonds. The van der Waals surface area contributed by atoms with Gasteiger partial charge in [-0.15, -0.1) is 0 Å². The van der Waals surface area contributed by atoms with E-state index >= 15 is 0 Å². The lowest BCUT2D eigenvalue weighted by molar-refractivity contribution is 0.0697. The number of likely N-dealkylation sites (N-methyl/N-ethyl adjacent to an activating group) is 1. The molecule has 0 aliphatic carbocycles. The van der Waals surface area contributed by atoms with Crippen LogP contribution in [-0.4, -0.2) is 24.7 Å². The van der Waals surface area contributed by atoms with Gasteiger partial charge in [-0.05, 0) is 17.7 Å². The van der Waals surface area contributed by atoms with E-state index in [0.29, 0.717) is 5.56 Å². The highest BCUT2D eigenvalue weighted by Gasteiger charge is 2.33. The monoisotopic (exact) mass is 205 g/mol. The molecule has 80 valence electrons. The Hall–Kier alpha value is -1.51. The first kappa shape index (κ1) is 10.0. The highest BCUT2D eigenvalue weighted by molar-refractivity contribution is 5.89. The van der Waals surface area contributed by atoms with Crippen LogP contribution >= 0.6 is 0 Å². The summed E-state index contributed by atoms with van der Waals surface area (Å²) in [6.45, 7) is 5.29. The fourth-order valence-corrected chi connectivity index (χ4v) is 2.32. The van der Waals surface area contributed by atoms with E-state index in [1.165, 1.54) is 5.56 Å². The van der Waals surface area contributed by atoms with E-state index < -0.39 is 5.97 Å². The number of hydrogen-bond donors (Lipinski definition) is 1. The van der Waals surface area contributed by atoms with Crippen LogP contribution in [0.25, 0.3) is 0 Å². The molecule has 1 aromatic rings. The molecule has 0 atom stereocenters. The molecule has 0 fully saturated rings. The molecule has 0 saturated carbocycles. The Bertz CT molecular complexity index is 424.